The molecule has 0 amide bonds. The van der Waals surface area contributed by atoms with Crippen LogP contribution in [0.25, 0.3) is 0 Å². The third-order valence-electron chi connectivity index (χ3n) is 3.18. The summed E-state index contributed by atoms with van der Waals surface area (Å²) in [6.45, 7) is 1.74. The first-order valence-corrected chi connectivity index (χ1v) is 7.11. The molecule has 7 heteroatoms. The Hall–Kier alpha value is -3.09. The Bertz CT molecular complexity index is 869. The highest BCUT2D eigenvalue weighted by Crippen LogP contribution is 2.24. The van der Waals surface area contributed by atoms with E-state index in [1.54, 1.807) is 13.0 Å². The van der Waals surface area contributed by atoms with Crippen LogP contribution in [0.5, 0.6) is 0 Å². The minimum atomic E-state index is -1.53. The molecule has 0 radical (unpaired) electrons. The van der Waals surface area contributed by atoms with E-state index in [1.165, 1.54) is 0 Å². The number of hydrogen-bond donors (Lipinski definition) is 2. The van der Waals surface area contributed by atoms with Crippen molar-refractivity contribution in [1.29, 1.82) is 0 Å². The van der Waals surface area contributed by atoms with Crippen molar-refractivity contribution >= 4 is 23.1 Å². The lowest BCUT2D eigenvalue weighted by molar-refractivity contribution is 0.449. The van der Waals surface area contributed by atoms with E-state index >= 15 is 0 Å². The van der Waals surface area contributed by atoms with Gasteiger partial charge in [-0.15, -0.1) is 0 Å². The van der Waals surface area contributed by atoms with Crippen LogP contribution in [0.1, 0.15) is 5.69 Å². The first kappa shape index (κ1) is 15.8. The van der Waals surface area contributed by atoms with Crippen molar-refractivity contribution in [2.24, 2.45) is 0 Å². The highest BCUT2D eigenvalue weighted by atomic mass is 19.2. The number of hydrogen-bond acceptors (Lipinski definition) is 4. The molecule has 0 spiro atoms. The first-order chi connectivity index (χ1) is 11.5. The standard InChI is InChI=1S/C17H13F3N4/c1-10-9-14(23-13-8-7-12(18)15(19)16(13)20)24-17(21-10)22-11-5-3-2-4-6-11/h2-9H,1H3,(H2,21,22,23,24). The molecule has 0 aliphatic carbocycles. The van der Waals surface area contributed by atoms with Crippen molar-refractivity contribution in [3.63, 3.8) is 0 Å². The van der Waals surface area contributed by atoms with Crippen molar-refractivity contribution in [2.75, 3.05) is 10.6 Å². The van der Waals surface area contributed by atoms with Gasteiger partial charge in [-0.05, 0) is 31.2 Å². The maximum atomic E-state index is 13.8. The Morgan fingerprint density at radius 2 is 1.58 bits per heavy atom. The summed E-state index contributed by atoms with van der Waals surface area (Å²) in [7, 11) is 0. The first-order valence-electron chi connectivity index (χ1n) is 7.11. The average Bonchev–Trinajstić information content (AvgIpc) is 2.56. The molecular weight excluding hydrogens is 317 g/mol. The van der Waals surface area contributed by atoms with Gasteiger partial charge in [-0.25, -0.2) is 18.2 Å². The lowest BCUT2D eigenvalue weighted by Crippen LogP contribution is -2.04. The van der Waals surface area contributed by atoms with Gasteiger partial charge in [-0.2, -0.15) is 4.98 Å². The number of anilines is 4. The molecule has 1 heterocycles. The van der Waals surface area contributed by atoms with Crippen LogP contribution in [0.3, 0.4) is 0 Å². The highest BCUT2D eigenvalue weighted by molar-refractivity contribution is 5.60. The van der Waals surface area contributed by atoms with E-state index in [0.29, 0.717) is 11.6 Å². The quantitative estimate of drug-likeness (QED) is 0.682. The van der Waals surface area contributed by atoms with Gasteiger partial charge in [-0.3, -0.25) is 0 Å². The molecule has 0 saturated heterocycles. The van der Waals surface area contributed by atoms with E-state index in [1.807, 2.05) is 30.3 Å². The number of aryl methyl sites for hydroxylation is 1. The maximum Gasteiger partial charge on any atom is 0.229 e. The number of aromatic nitrogens is 2. The van der Waals surface area contributed by atoms with Crippen molar-refractivity contribution in [2.45, 2.75) is 6.92 Å². The van der Waals surface area contributed by atoms with Gasteiger partial charge in [0.15, 0.2) is 17.5 Å². The van der Waals surface area contributed by atoms with Gasteiger partial charge in [0.25, 0.3) is 0 Å². The van der Waals surface area contributed by atoms with Crippen LogP contribution in [-0.2, 0) is 0 Å². The number of para-hydroxylation sites is 1. The minimum Gasteiger partial charge on any atom is -0.338 e. The Kier molecular flexibility index (Phi) is 4.33. The summed E-state index contributed by atoms with van der Waals surface area (Å²) in [6.07, 6.45) is 0. The largest absolute Gasteiger partial charge is 0.338 e. The summed E-state index contributed by atoms with van der Waals surface area (Å²) in [4.78, 5) is 8.44. The van der Waals surface area contributed by atoms with Gasteiger partial charge < -0.3 is 10.6 Å². The third-order valence-corrected chi connectivity index (χ3v) is 3.18. The van der Waals surface area contributed by atoms with Crippen molar-refractivity contribution in [3.05, 3.63) is 71.7 Å². The van der Waals surface area contributed by atoms with Gasteiger partial charge >= 0.3 is 0 Å². The molecule has 0 unspecified atom stereocenters. The molecule has 0 aliphatic rings. The molecular formula is C17H13F3N4. The molecule has 0 aliphatic heterocycles. The molecule has 0 fully saturated rings. The fourth-order valence-corrected chi connectivity index (χ4v) is 2.10. The second-order valence-corrected chi connectivity index (χ2v) is 5.06. The number of rotatable bonds is 4. The third kappa shape index (κ3) is 3.45. The zero-order valence-corrected chi connectivity index (χ0v) is 12.6. The molecule has 0 saturated carbocycles. The molecule has 2 aromatic carbocycles. The molecule has 1 aromatic heterocycles. The van der Waals surface area contributed by atoms with Crippen LogP contribution in [0, 0.1) is 24.4 Å². The summed E-state index contributed by atoms with van der Waals surface area (Å²) in [5.41, 5.74) is 1.19. The monoisotopic (exact) mass is 330 g/mol. The molecule has 4 nitrogen and oxygen atoms in total. The number of benzene rings is 2. The summed E-state index contributed by atoms with van der Waals surface area (Å²) >= 11 is 0. The van der Waals surface area contributed by atoms with E-state index in [9.17, 15) is 13.2 Å². The highest BCUT2D eigenvalue weighted by Gasteiger charge is 2.14. The number of nitrogens with zero attached hydrogens (tertiary/aromatic N) is 2. The zero-order chi connectivity index (χ0) is 17.1. The van der Waals surface area contributed by atoms with Crippen LogP contribution >= 0.6 is 0 Å². The second kappa shape index (κ2) is 6.57. The second-order valence-electron chi connectivity index (χ2n) is 5.06. The summed E-state index contributed by atoms with van der Waals surface area (Å²) in [6, 6.07) is 12.8. The smallest absolute Gasteiger partial charge is 0.229 e. The molecule has 0 bridgehead atoms. The zero-order valence-electron chi connectivity index (χ0n) is 12.6. The lowest BCUT2D eigenvalue weighted by Gasteiger charge is -2.11. The van der Waals surface area contributed by atoms with Gasteiger partial charge in [0, 0.05) is 17.4 Å². The van der Waals surface area contributed by atoms with Gasteiger partial charge in [0.2, 0.25) is 5.95 Å². The summed E-state index contributed by atoms with van der Waals surface area (Å²) < 4.78 is 40.1. The Morgan fingerprint density at radius 1 is 0.833 bits per heavy atom. The Labute approximate surface area is 136 Å². The maximum absolute atomic E-state index is 13.8. The number of nitrogens with one attached hydrogen (secondary N) is 2. The van der Waals surface area contributed by atoms with E-state index in [-0.39, 0.29) is 11.5 Å². The van der Waals surface area contributed by atoms with E-state index in [0.717, 1.165) is 17.8 Å². The van der Waals surface area contributed by atoms with Crippen LogP contribution in [0.2, 0.25) is 0 Å². The van der Waals surface area contributed by atoms with Crippen molar-refractivity contribution < 1.29 is 13.2 Å². The predicted molar refractivity (Wildman–Crippen MR) is 86.1 cm³/mol. The van der Waals surface area contributed by atoms with Gasteiger partial charge in [-0.1, -0.05) is 18.2 Å². The van der Waals surface area contributed by atoms with Gasteiger partial charge in [0.05, 0.1) is 5.69 Å². The molecule has 0 atom stereocenters. The van der Waals surface area contributed by atoms with Crippen molar-refractivity contribution in [1.82, 2.24) is 9.97 Å². The fraction of sp³-hybridized carbons (Fsp3) is 0.0588. The van der Waals surface area contributed by atoms with Crippen LogP contribution in [0.4, 0.5) is 36.3 Å². The topological polar surface area (TPSA) is 49.8 Å². The van der Waals surface area contributed by atoms with E-state index < -0.39 is 17.5 Å². The Morgan fingerprint density at radius 3 is 2.33 bits per heavy atom. The Balaban J connectivity index is 1.88. The van der Waals surface area contributed by atoms with Crippen LogP contribution in [0.15, 0.2) is 48.5 Å². The van der Waals surface area contributed by atoms with E-state index in [4.69, 9.17) is 0 Å². The van der Waals surface area contributed by atoms with Gasteiger partial charge in [0.1, 0.15) is 5.82 Å². The molecule has 3 rings (SSSR count). The minimum absolute atomic E-state index is 0.210. The average molecular weight is 330 g/mol. The normalized spacial score (nSPS) is 10.5. The predicted octanol–water partition coefficient (Wildman–Crippen LogP) is 4.69. The molecule has 122 valence electrons. The summed E-state index contributed by atoms with van der Waals surface area (Å²) in [5, 5.41) is 5.65. The lowest BCUT2D eigenvalue weighted by atomic mass is 10.2. The van der Waals surface area contributed by atoms with E-state index in [2.05, 4.69) is 20.6 Å². The fourth-order valence-electron chi connectivity index (χ4n) is 2.10. The van der Waals surface area contributed by atoms with Crippen molar-refractivity contribution in [3.8, 4) is 0 Å². The molecule has 24 heavy (non-hydrogen) atoms. The summed E-state index contributed by atoms with van der Waals surface area (Å²) in [5.74, 6) is -3.53. The molecule has 2 N–H and O–H groups in total. The molecule has 3 aromatic rings. The van der Waals surface area contributed by atoms with Crippen LogP contribution < -0.4 is 10.6 Å². The van der Waals surface area contributed by atoms with Crippen LogP contribution in [-0.4, -0.2) is 9.97 Å². The SMILES string of the molecule is Cc1cc(Nc2ccc(F)c(F)c2F)nc(Nc2ccccc2)n1. The number of halogens is 3.